The number of hydrogen-bond acceptors (Lipinski definition) is 2. The molecule has 0 amide bonds. The highest BCUT2D eigenvalue weighted by molar-refractivity contribution is 5.81. The summed E-state index contributed by atoms with van der Waals surface area (Å²) in [6.07, 6.45) is 6.41. The molecule has 1 aromatic carbocycles. The number of para-hydroxylation sites is 1. The zero-order valence-corrected chi connectivity index (χ0v) is 16.1. The van der Waals surface area contributed by atoms with Gasteiger partial charge in [0.25, 0.3) is 13.1 Å². The topological polar surface area (TPSA) is 45.0 Å². The molecular weight excluding hydrogens is 336 g/mol. The lowest BCUT2D eigenvalue weighted by Crippen LogP contribution is -1.91. The third kappa shape index (κ3) is 4.40. The zero-order valence-electron chi connectivity index (χ0n) is 16.1. The first-order valence-electron chi connectivity index (χ1n) is 9.41. The Balaban J connectivity index is 1.85. The predicted octanol–water partition coefficient (Wildman–Crippen LogP) is 5.85. The molecule has 0 aliphatic heterocycles. The minimum atomic E-state index is 0.738. The molecule has 0 radical (unpaired) electrons. The first kappa shape index (κ1) is 18.8. The minimum Gasteiger partial charge on any atom is -0.496 e. The van der Waals surface area contributed by atoms with Crippen LogP contribution in [0, 0.1) is 13.5 Å². The molecule has 0 spiro atoms. The monoisotopic (exact) mass is 362 g/mol. The van der Waals surface area contributed by atoms with E-state index in [9.17, 15) is 0 Å². The molecule has 0 aliphatic carbocycles. The Kier molecular flexibility index (Phi) is 6.32. The molecule has 0 aliphatic rings. The Morgan fingerprint density at radius 1 is 1.11 bits per heavy atom. The summed E-state index contributed by atoms with van der Waals surface area (Å²) in [4.78, 5) is 8.49. The smallest absolute Gasteiger partial charge is 0.263 e. The average Bonchev–Trinajstić information content (AvgIpc) is 3.04. The van der Waals surface area contributed by atoms with Gasteiger partial charge in [0.15, 0.2) is 0 Å². The van der Waals surface area contributed by atoms with E-state index in [4.69, 9.17) is 21.6 Å². The number of rotatable bonds is 9. The summed E-state index contributed by atoms with van der Waals surface area (Å²) in [5.74, 6) is 1.69. The van der Waals surface area contributed by atoms with Crippen molar-refractivity contribution in [2.45, 2.75) is 32.6 Å². The first-order chi connectivity index (χ1) is 13.2. The molecule has 0 fully saturated rings. The molecule has 140 valence electrons. The fraction of sp³-hybridized carbons (Fsp3) is 0.364. The lowest BCUT2D eigenvalue weighted by Gasteiger charge is -2.18. The van der Waals surface area contributed by atoms with E-state index in [-0.39, 0.29) is 0 Å². The van der Waals surface area contributed by atoms with Crippen LogP contribution in [0.25, 0.3) is 27.1 Å². The molecule has 2 heterocycles. The third-order valence-corrected chi connectivity index (χ3v) is 4.56. The molecule has 0 N–H and O–H groups in total. The van der Waals surface area contributed by atoms with Crippen LogP contribution in [0.1, 0.15) is 31.2 Å². The van der Waals surface area contributed by atoms with Crippen molar-refractivity contribution in [3.8, 4) is 23.6 Å². The summed E-state index contributed by atoms with van der Waals surface area (Å²) in [6.45, 7) is 8.76. The van der Waals surface area contributed by atoms with Crippen LogP contribution in [0.4, 0.5) is 5.82 Å². The summed E-state index contributed by atoms with van der Waals surface area (Å²) >= 11 is 0. The average molecular weight is 362 g/mol. The predicted molar refractivity (Wildman–Crippen MR) is 111 cm³/mol. The number of fused-ring (bicyclic) bond motifs is 1. The van der Waals surface area contributed by atoms with Gasteiger partial charge in [0.2, 0.25) is 0 Å². The second-order valence-corrected chi connectivity index (χ2v) is 6.62. The van der Waals surface area contributed by atoms with Crippen molar-refractivity contribution in [1.82, 2.24) is 9.38 Å². The first-order valence-corrected chi connectivity index (χ1v) is 9.41. The van der Waals surface area contributed by atoms with Gasteiger partial charge in [-0.15, -0.1) is 0 Å². The van der Waals surface area contributed by atoms with E-state index in [2.05, 4.69) is 28.4 Å². The Bertz CT molecular complexity index is 939. The zero-order chi connectivity index (χ0) is 19.1. The van der Waals surface area contributed by atoms with Gasteiger partial charge in [0.05, 0.1) is 18.5 Å². The number of aromatic nitrogens is 2. The highest BCUT2D eigenvalue weighted by Gasteiger charge is 2.11. The van der Waals surface area contributed by atoms with Crippen molar-refractivity contribution >= 4 is 11.5 Å². The van der Waals surface area contributed by atoms with Crippen molar-refractivity contribution in [3.63, 3.8) is 0 Å². The molecule has 5 heteroatoms. The van der Waals surface area contributed by atoms with E-state index in [1.54, 1.807) is 7.11 Å². The number of ether oxygens (including phenoxy) is 1. The molecule has 0 saturated heterocycles. The Morgan fingerprint density at radius 2 is 1.93 bits per heavy atom. The van der Waals surface area contributed by atoms with E-state index in [0.29, 0.717) is 0 Å². The van der Waals surface area contributed by atoms with Crippen LogP contribution >= 0.6 is 0 Å². The number of imidazole rings is 1. The highest BCUT2D eigenvalue weighted by Crippen LogP contribution is 2.38. The van der Waals surface area contributed by atoms with E-state index in [1.807, 2.05) is 30.3 Å². The normalized spacial score (nSPS) is 10.7. The van der Waals surface area contributed by atoms with E-state index >= 15 is 0 Å². The van der Waals surface area contributed by atoms with Gasteiger partial charge < -0.3 is 14.5 Å². The van der Waals surface area contributed by atoms with Gasteiger partial charge in [-0.3, -0.25) is 4.98 Å². The molecule has 2 aromatic heterocycles. The Hall–Kier alpha value is -3.00. The maximum atomic E-state index is 5.55. The largest absolute Gasteiger partial charge is 0.496 e. The van der Waals surface area contributed by atoms with E-state index in [0.717, 1.165) is 67.2 Å². The molecule has 0 saturated carbocycles. The standard InChI is InChI=1S/C22H26N4O/c1-17-12-13-20-25-21(18-10-6-7-11-19(18)27-3)22(26(20)16-17)24-15-9-5-4-8-14-23-2/h2,6-7,10-13,16H,4-5,8-9,14-15H2,1,3H3. The number of nitrogens with zero attached hydrogens (tertiary/aromatic N) is 4. The summed E-state index contributed by atoms with van der Waals surface area (Å²) < 4.78 is 7.62. The van der Waals surface area contributed by atoms with Gasteiger partial charge >= 0.3 is 0 Å². The molecule has 3 rings (SSSR count). The lowest BCUT2D eigenvalue weighted by molar-refractivity contribution is 0.416. The van der Waals surface area contributed by atoms with Gasteiger partial charge in [-0.1, -0.05) is 54.2 Å². The van der Waals surface area contributed by atoms with Crippen LogP contribution in [-0.4, -0.2) is 29.6 Å². The molecule has 0 atom stereocenters. The summed E-state index contributed by atoms with van der Waals surface area (Å²) in [5.41, 5.74) is 3.89. The third-order valence-electron chi connectivity index (χ3n) is 4.56. The second-order valence-electron chi connectivity index (χ2n) is 6.62. The van der Waals surface area contributed by atoms with E-state index < -0.39 is 0 Å². The second kappa shape index (κ2) is 9.09. The van der Waals surface area contributed by atoms with Gasteiger partial charge in [0, 0.05) is 12.0 Å². The van der Waals surface area contributed by atoms with Crippen LogP contribution in [0.2, 0.25) is 0 Å². The maximum Gasteiger partial charge on any atom is 0.263 e. The summed E-state index contributed by atoms with van der Waals surface area (Å²) in [7, 11) is 1.68. The molecule has 5 nitrogen and oxygen atoms in total. The quantitative estimate of drug-likeness (QED) is 0.448. The van der Waals surface area contributed by atoms with Crippen LogP contribution in [0.3, 0.4) is 0 Å². The Morgan fingerprint density at radius 3 is 2.74 bits per heavy atom. The van der Waals surface area contributed by atoms with Crippen LogP contribution < -0.4 is 4.74 Å². The number of pyridine rings is 1. The highest BCUT2D eigenvalue weighted by atomic mass is 16.5. The minimum absolute atomic E-state index is 0.738. The van der Waals surface area contributed by atoms with Crippen LogP contribution in [0.5, 0.6) is 5.75 Å². The van der Waals surface area contributed by atoms with Crippen molar-refractivity contribution < 1.29 is 4.74 Å². The van der Waals surface area contributed by atoms with Gasteiger partial charge in [-0.05, 0) is 37.4 Å². The van der Waals surface area contributed by atoms with Crippen molar-refractivity contribution in [2.24, 2.45) is 0 Å². The van der Waals surface area contributed by atoms with E-state index in [1.165, 1.54) is 5.56 Å². The van der Waals surface area contributed by atoms with Crippen molar-refractivity contribution in [3.05, 3.63) is 58.3 Å². The number of methoxy groups -OCH3 is 1. The van der Waals surface area contributed by atoms with Crippen molar-refractivity contribution in [2.75, 3.05) is 20.2 Å². The SMILES string of the molecule is C#[N+]CCCCCC[N-]c1c(-c2ccccc2OC)nc2ccc(C)cn12. The van der Waals surface area contributed by atoms with Gasteiger partial charge in [0.1, 0.15) is 5.75 Å². The van der Waals surface area contributed by atoms with Gasteiger partial charge in [-0.2, -0.15) is 0 Å². The van der Waals surface area contributed by atoms with Gasteiger partial charge in [-0.25, -0.2) is 0 Å². The molecule has 3 aromatic rings. The Labute approximate surface area is 160 Å². The molecule has 0 unspecified atom stereocenters. The molecule has 27 heavy (non-hydrogen) atoms. The maximum absolute atomic E-state index is 5.55. The van der Waals surface area contributed by atoms with Crippen LogP contribution in [0.15, 0.2) is 42.6 Å². The van der Waals surface area contributed by atoms with Crippen LogP contribution in [-0.2, 0) is 0 Å². The number of unbranched alkanes of at least 4 members (excludes halogenated alkanes) is 3. The molecule has 0 bridgehead atoms. The number of benzene rings is 1. The summed E-state index contributed by atoms with van der Waals surface area (Å²) in [6, 6.07) is 12.1. The number of hydrogen-bond donors (Lipinski definition) is 0. The lowest BCUT2D eigenvalue weighted by atomic mass is 10.1. The summed E-state index contributed by atoms with van der Waals surface area (Å²) in [5, 5.41) is 4.90. The van der Waals surface area contributed by atoms with Crippen molar-refractivity contribution in [1.29, 1.82) is 0 Å². The fourth-order valence-corrected chi connectivity index (χ4v) is 3.16. The number of aryl methyl sites for hydroxylation is 1. The molecular formula is C22H26N4O. The fourth-order valence-electron chi connectivity index (χ4n) is 3.16.